The zero-order chi connectivity index (χ0) is 16.6. The minimum Gasteiger partial charge on any atom is -0.339 e. The highest BCUT2D eigenvalue weighted by molar-refractivity contribution is 6.28. The number of anilines is 2. The molecule has 4 heteroatoms. The summed E-state index contributed by atoms with van der Waals surface area (Å²) in [7, 11) is 0. The molecule has 3 nitrogen and oxygen atoms in total. The number of halogens is 1. The highest BCUT2D eigenvalue weighted by Gasteiger charge is 2.04. The van der Waals surface area contributed by atoms with Gasteiger partial charge in [0, 0.05) is 18.3 Å². The highest BCUT2D eigenvalue weighted by Crippen LogP contribution is 2.19. The van der Waals surface area contributed by atoms with Crippen molar-refractivity contribution >= 4 is 23.1 Å². The smallest absolute Gasteiger partial charge is 0.224 e. The lowest BCUT2D eigenvalue weighted by Crippen LogP contribution is -1.98. The first-order chi connectivity index (χ1) is 11.8. The van der Waals surface area contributed by atoms with Crippen molar-refractivity contribution in [1.29, 1.82) is 0 Å². The molecule has 0 spiro atoms. The maximum atomic E-state index is 5.91. The van der Waals surface area contributed by atoms with E-state index in [-0.39, 0.29) is 5.28 Å². The first-order valence-corrected chi connectivity index (χ1v) is 8.06. The predicted octanol–water partition coefficient (Wildman–Crippen LogP) is 4.86. The van der Waals surface area contributed by atoms with E-state index in [2.05, 4.69) is 39.3 Å². The zero-order valence-electron chi connectivity index (χ0n) is 13.0. The number of para-hydroxylation sites is 1. The van der Waals surface area contributed by atoms with Crippen LogP contribution in [0.2, 0.25) is 5.28 Å². The maximum Gasteiger partial charge on any atom is 0.224 e. The Kier molecular flexibility index (Phi) is 5.44. The molecule has 0 saturated heterocycles. The van der Waals surface area contributed by atoms with Crippen molar-refractivity contribution in [1.82, 2.24) is 9.97 Å². The quantitative estimate of drug-likeness (QED) is 0.547. The fourth-order valence-corrected chi connectivity index (χ4v) is 2.35. The number of aryl methyl sites for hydroxylation is 1. The third-order valence-corrected chi connectivity index (χ3v) is 3.58. The normalized spacial score (nSPS) is 9.88. The molecule has 0 aliphatic heterocycles. The Balaban J connectivity index is 1.72. The number of nitrogens with zero attached hydrogens (tertiary/aromatic N) is 2. The van der Waals surface area contributed by atoms with E-state index in [4.69, 9.17) is 11.6 Å². The van der Waals surface area contributed by atoms with Gasteiger partial charge in [-0.05, 0) is 35.7 Å². The van der Waals surface area contributed by atoms with E-state index in [0.29, 0.717) is 5.82 Å². The van der Waals surface area contributed by atoms with Gasteiger partial charge >= 0.3 is 0 Å². The molecule has 24 heavy (non-hydrogen) atoms. The summed E-state index contributed by atoms with van der Waals surface area (Å²) in [6.45, 7) is 0. The number of benzene rings is 2. The molecule has 1 N–H and O–H groups in total. The Hall–Kier alpha value is -2.83. The molecule has 1 aromatic heterocycles. The van der Waals surface area contributed by atoms with Gasteiger partial charge in [-0.25, -0.2) is 4.98 Å². The monoisotopic (exact) mass is 333 g/mol. The van der Waals surface area contributed by atoms with E-state index in [9.17, 15) is 0 Å². The Bertz CT molecular complexity index is 852. The van der Waals surface area contributed by atoms with Crippen LogP contribution in [0.5, 0.6) is 0 Å². The van der Waals surface area contributed by atoms with Crippen molar-refractivity contribution in [3.8, 4) is 11.8 Å². The van der Waals surface area contributed by atoms with Crippen LogP contribution >= 0.6 is 11.6 Å². The van der Waals surface area contributed by atoms with Crippen molar-refractivity contribution in [3.05, 3.63) is 83.3 Å². The van der Waals surface area contributed by atoms with Crippen molar-refractivity contribution in [2.75, 3.05) is 5.32 Å². The lowest BCUT2D eigenvalue weighted by atomic mass is 10.1. The largest absolute Gasteiger partial charge is 0.339 e. The van der Waals surface area contributed by atoms with Crippen LogP contribution in [0.3, 0.4) is 0 Å². The first-order valence-electron chi connectivity index (χ1n) is 7.69. The van der Waals surface area contributed by atoms with E-state index in [1.54, 1.807) is 6.20 Å². The van der Waals surface area contributed by atoms with E-state index in [0.717, 1.165) is 24.1 Å². The summed E-state index contributed by atoms with van der Waals surface area (Å²) in [5, 5.41) is 3.43. The van der Waals surface area contributed by atoms with Crippen LogP contribution in [0.15, 0.2) is 66.9 Å². The Morgan fingerprint density at radius 1 is 0.958 bits per heavy atom. The van der Waals surface area contributed by atoms with Gasteiger partial charge in [-0.15, -0.1) is 0 Å². The molecule has 3 aromatic rings. The lowest BCUT2D eigenvalue weighted by Gasteiger charge is -2.07. The Labute approximate surface area is 146 Å². The molecule has 2 aromatic carbocycles. The number of nitrogens with one attached hydrogen (secondary N) is 1. The summed E-state index contributed by atoms with van der Waals surface area (Å²) >= 11 is 5.91. The molecule has 0 amide bonds. The minimum atomic E-state index is 0.197. The second-order valence-corrected chi connectivity index (χ2v) is 5.52. The van der Waals surface area contributed by atoms with Crippen molar-refractivity contribution in [2.45, 2.75) is 12.8 Å². The van der Waals surface area contributed by atoms with Gasteiger partial charge < -0.3 is 5.32 Å². The first kappa shape index (κ1) is 16.0. The molecular formula is C20H16ClN3. The fraction of sp³-hybridized carbons (Fsp3) is 0.100. The molecule has 0 aliphatic carbocycles. The molecule has 0 atom stereocenters. The zero-order valence-corrected chi connectivity index (χ0v) is 13.8. The molecule has 0 saturated carbocycles. The highest BCUT2D eigenvalue weighted by atomic mass is 35.5. The SMILES string of the molecule is Clc1ncc(C#CCCc2ccccc2)c(Nc2ccccc2)n1. The summed E-state index contributed by atoms with van der Waals surface area (Å²) in [6, 6.07) is 20.1. The standard InChI is InChI=1S/C20H16ClN3/c21-20-22-15-17(12-8-7-11-16-9-3-1-4-10-16)19(24-20)23-18-13-5-2-6-14-18/h1-6,9-10,13-15H,7,11H2,(H,22,23,24). The van der Waals surface area contributed by atoms with Crippen LogP contribution in [-0.4, -0.2) is 9.97 Å². The van der Waals surface area contributed by atoms with E-state index in [1.807, 2.05) is 48.5 Å². The third kappa shape index (κ3) is 4.58. The molecule has 0 radical (unpaired) electrons. The van der Waals surface area contributed by atoms with Crippen LogP contribution in [0.4, 0.5) is 11.5 Å². The number of hydrogen-bond acceptors (Lipinski definition) is 3. The average Bonchev–Trinajstić information content (AvgIpc) is 2.62. The van der Waals surface area contributed by atoms with E-state index in [1.165, 1.54) is 5.56 Å². The lowest BCUT2D eigenvalue weighted by molar-refractivity contribution is 1.03. The van der Waals surface area contributed by atoms with Crippen LogP contribution in [0.1, 0.15) is 17.5 Å². The van der Waals surface area contributed by atoms with E-state index >= 15 is 0 Å². The van der Waals surface area contributed by atoms with Gasteiger partial charge in [0.05, 0.1) is 5.56 Å². The summed E-state index contributed by atoms with van der Waals surface area (Å²) in [5.41, 5.74) is 2.94. The van der Waals surface area contributed by atoms with E-state index < -0.39 is 0 Å². The number of rotatable bonds is 4. The Morgan fingerprint density at radius 3 is 2.42 bits per heavy atom. The van der Waals surface area contributed by atoms with Gasteiger partial charge in [0.1, 0.15) is 0 Å². The van der Waals surface area contributed by atoms with Crippen molar-refractivity contribution in [2.24, 2.45) is 0 Å². The van der Waals surface area contributed by atoms with Crippen LogP contribution in [0, 0.1) is 11.8 Å². The maximum absolute atomic E-state index is 5.91. The van der Waals surface area contributed by atoms with Gasteiger partial charge in [-0.1, -0.05) is 60.4 Å². The van der Waals surface area contributed by atoms with Gasteiger partial charge in [-0.3, -0.25) is 0 Å². The summed E-state index contributed by atoms with van der Waals surface area (Å²) in [4.78, 5) is 8.28. The summed E-state index contributed by atoms with van der Waals surface area (Å²) in [5.74, 6) is 6.94. The summed E-state index contributed by atoms with van der Waals surface area (Å²) in [6.07, 6.45) is 3.34. The molecule has 118 valence electrons. The van der Waals surface area contributed by atoms with Gasteiger partial charge in [0.25, 0.3) is 0 Å². The molecule has 1 heterocycles. The van der Waals surface area contributed by atoms with Crippen molar-refractivity contribution in [3.63, 3.8) is 0 Å². The summed E-state index contributed by atoms with van der Waals surface area (Å²) < 4.78 is 0. The van der Waals surface area contributed by atoms with Gasteiger partial charge in [0.2, 0.25) is 5.28 Å². The third-order valence-electron chi connectivity index (χ3n) is 3.40. The predicted molar refractivity (Wildman–Crippen MR) is 98.4 cm³/mol. The minimum absolute atomic E-state index is 0.197. The molecule has 0 fully saturated rings. The molecule has 0 bridgehead atoms. The second-order valence-electron chi connectivity index (χ2n) is 5.18. The second kappa shape index (κ2) is 8.14. The molecule has 0 unspecified atom stereocenters. The van der Waals surface area contributed by atoms with Crippen molar-refractivity contribution < 1.29 is 0 Å². The van der Waals surface area contributed by atoms with Crippen LogP contribution in [0.25, 0.3) is 0 Å². The van der Waals surface area contributed by atoms with Crippen LogP contribution in [-0.2, 0) is 6.42 Å². The molecule has 0 aliphatic rings. The number of aromatic nitrogens is 2. The van der Waals surface area contributed by atoms with Gasteiger partial charge in [0.15, 0.2) is 5.82 Å². The topological polar surface area (TPSA) is 37.8 Å². The van der Waals surface area contributed by atoms with Gasteiger partial charge in [-0.2, -0.15) is 4.98 Å². The molecule has 3 rings (SSSR count). The Morgan fingerprint density at radius 2 is 1.67 bits per heavy atom. The average molecular weight is 334 g/mol. The number of hydrogen-bond donors (Lipinski definition) is 1. The fourth-order valence-electron chi connectivity index (χ4n) is 2.21. The molecular weight excluding hydrogens is 318 g/mol. The van der Waals surface area contributed by atoms with Crippen LogP contribution < -0.4 is 5.32 Å².